The van der Waals surface area contributed by atoms with Gasteiger partial charge in [-0.15, -0.1) is 0 Å². The van der Waals surface area contributed by atoms with E-state index in [1.807, 2.05) is 22.6 Å². The zero-order chi connectivity index (χ0) is 26.7. The minimum Gasteiger partial charge on any atom is -0.493 e. The number of nitrogens with zero attached hydrogens (tertiary/aromatic N) is 1. The fourth-order valence-corrected chi connectivity index (χ4v) is 4.29. The molecule has 1 fully saturated rings. The molecule has 4 amide bonds. The van der Waals surface area contributed by atoms with E-state index in [-0.39, 0.29) is 29.2 Å². The Kier molecular flexibility index (Phi) is 7.53. The number of hydrogen-bond acceptors (Lipinski definition) is 6. The zero-order valence-electron chi connectivity index (χ0n) is 19.2. The molecule has 1 aliphatic rings. The van der Waals surface area contributed by atoms with Crippen LogP contribution in [0.15, 0.2) is 66.2 Å². The standard InChI is InChI=1S/C26H18FIN2O7/c1-36-21-12-15(11-20(28)22(21)37-13-14-2-6-17(27)7-3-14)10-19-23(31)29-26(35)30(24(19)32)18-8-4-16(5-9-18)25(33)34/h2-12H,13H2,1H3,(H,33,34)(H,29,31,35)/b19-10+. The normalized spacial score (nSPS) is 14.5. The molecule has 0 unspecified atom stereocenters. The number of carbonyl (C=O) groups excluding carboxylic acids is 3. The van der Waals surface area contributed by atoms with Gasteiger partial charge in [-0.1, -0.05) is 12.1 Å². The van der Waals surface area contributed by atoms with Crippen LogP contribution in [0.3, 0.4) is 0 Å². The molecule has 4 rings (SSSR count). The van der Waals surface area contributed by atoms with Gasteiger partial charge < -0.3 is 14.6 Å². The molecule has 2 N–H and O–H groups in total. The smallest absolute Gasteiger partial charge is 0.335 e. The molecule has 11 heteroatoms. The van der Waals surface area contributed by atoms with E-state index >= 15 is 0 Å². The minimum absolute atomic E-state index is 0.0242. The van der Waals surface area contributed by atoms with Crippen LogP contribution in [0.1, 0.15) is 21.5 Å². The number of carboxylic acids is 1. The molecule has 1 aliphatic heterocycles. The van der Waals surface area contributed by atoms with E-state index in [0.717, 1.165) is 10.5 Å². The van der Waals surface area contributed by atoms with Gasteiger partial charge in [0.25, 0.3) is 11.8 Å². The van der Waals surface area contributed by atoms with Crippen molar-refractivity contribution in [3.8, 4) is 11.5 Å². The molecule has 1 heterocycles. The molecule has 188 valence electrons. The molecule has 1 saturated heterocycles. The first-order valence-electron chi connectivity index (χ1n) is 10.7. The van der Waals surface area contributed by atoms with E-state index in [1.54, 1.807) is 24.3 Å². The van der Waals surface area contributed by atoms with Crippen LogP contribution < -0.4 is 19.7 Å². The van der Waals surface area contributed by atoms with E-state index in [2.05, 4.69) is 5.32 Å². The molecule has 0 aliphatic carbocycles. The molecule has 9 nitrogen and oxygen atoms in total. The Balaban J connectivity index is 1.62. The van der Waals surface area contributed by atoms with Gasteiger partial charge in [0.05, 0.1) is 21.9 Å². The highest BCUT2D eigenvalue weighted by Crippen LogP contribution is 2.35. The summed E-state index contributed by atoms with van der Waals surface area (Å²) < 4.78 is 25.1. The zero-order valence-corrected chi connectivity index (χ0v) is 21.3. The van der Waals surface area contributed by atoms with E-state index in [0.29, 0.717) is 20.6 Å². The lowest BCUT2D eigenvalue weighted by Gasteiger charge is -2.26. The van der Waals surface area contributed by atoms with E-state index in [9.17, 15) is 23.6 Å². The van der Waals surface area contributed by atoms with Crippen molar-refractivity contribution in [2.75, 3.05) is 12.0 Å². The number of carbonyl (C=O) groups is 4. The highest BCUT2D eigenvalue weighted by atomic mass is 127. The average molecular weight is 616 g/mol. The Morgan fingerprint density at radius 1 is 1.08 bits per heavy atom. The number of halogens is 2. The van der Waals surface area contributed by atoms with Gasteiger partial charge >= 0.3 is 12.0 Å². The lowest BCUT2D eigenvalue weighted by atomic mass is 10.1. The van der Waals surface area contributed by atoms with Crippen molar-refractivity contribution in [3.05, 3.63) is 92.3 Å². The van der Waals surface area contributed by atoms with Crippen molar-refractivity contribution in [2.45, 2.75) is 6.61 Å². The van der Waals surface area contributed by atoms with Gasteiger partial charge in [-0.05, 0) is 88.3 Å². The quantitative estimate of drug-likeness (QED) is 0.230. The number of ether oxygens (including phenoxy) is 2. The SMILES string of the molecule is COc1cc(/C=C2\C(=O)NC(=O)N(c3ccc(C(=O)O)cc3)C2=O)cc(I)c1OCc1ccc(F)cc1. The summed E-state index contributed by atoms with van der Waals surface area (Å²) in [5, 5.41) is 11.2. The number of barbiturate groups is 1. The molecule has 0 spiro atoms. The number of carboxylic acid groups (broad SMARTS) is 1. The molecule has 0 bridgehead atoms. The summed E-state index contributed by atoms with van der Waals surface area (Å²) in [6, 6.07) is 13.2. The van der Waals surface area contributed by atoms with Crippen LogP contribution >= 0.6 is 22.6 Å². The average Bonchev–Trinajstić information content (AvgIpc) is 2.86. The second-order valence-corrected chi connectivity index (χ2v) is 8.92. The number of methoxy groups -OCH3 is 1. The fourth-order valence-electron chi connectivity index (χ4n) is 3.51. The summed E-state index contributed by atoms with van der Waals surface area (Å²) in [6.45, 7) is 0.158. The lowest BCUT2D eigenvalue weighted by Crippen LogP contribution is -2.54. The van der Waals surface area contributed by atoms with Gasteiger partial charge in [0, 0.05) is 0 Å². The fraction of sp³-hybridized carbons (Fsp3) is 0.0769. The van der Waals surface area contributed by atoms with Crippen LogP contribution in [-0.2, 0) is 16.2 Å². The third-order valence-electron chi connectivity index (χ3n) is 5.33. The number of amides is 4. The lowest BCUT2D eigenvalue weighted by molar-refractivity contribution is -0.122. The van der Waals surface area contributed by atoms with Crippen LogP contribution in [0, 0.1) is 9.39 Å². The Morgan fingerprint density at radius 2 is 1.76 bits per heavy atom. The van der Waals surface area contributed by atoms with Gasteiger partial charge in [-0.3, -0.25) is 14.9 Å². The van der Waals surface area contributed by atoms with Crippen LogP contribution in [0.25, 0.3) is 6.08 Å². The number of imide groups is 2. The van der Waals surface area contributed by atoms with Gasteiger partial charge in [0.2, 0.25) is 0 Å². The highest BCUT2D eigenvalue weighted by Gasteiger charge is 2.37. The Bertz CT molecular complexity index is 1440. The largest absolute Gasteiger partial charge is 0.493 e. The molecule has 0 saturated carbocycles. The molecule has 0 atom stereocenters. The summed E-state index contributed by atoms with van der Waals surface area (Å²) in [7, 11) is 1.44. The number of benzene rings is 3. The number of rotatable bonds is 7. The summed E-state index contributed by atoms with van der Waals surface area (Å²) in [6.07, 6.45) is 1.32. The van der Waals surface area contributed by atoms with Crippen LogP contribution in [0.5, 0.6) is 11.5 Å². The predicted molar refractivity (Wildman–Crippen MR) is 139 cm³/mol. The van der Waals surface area contributed by atoms with Crippen LogP contribution in [0.4, 0.5) is 14.9 Å². The molecule has 3 aromatic rings. The molecule has 0 aromatic heterocycles. The van der Waals surface area contributed by atoms with E-state index < -0.39 is 23.8 Å². The first-order chi connectivity index (χ1) is 17.7. The third kappa shape index (κ3) is 5.61. The second-order valence-electron chi connectivity index (χ2n) is 7.76. The summed E-state index contributed by atoms with van der Waals surface area (Å²) in [5.41, 5.74) is 0.951. The maximum atomic E-state index is 13.1. The second kappa shape index (κ2) is 10.8. The minimum atomic E-state index is -1.16. The number of anilines is 1. The maximum absolute atomic E-state index is 13.1. The number of urea groups is 1. The van der Waals surface area contributed by atoms with Gasteiger partial charge in [-0.25, -0.2) is 18.9 Å². The van der Waals surface area contributed by atoms with Crippen molar-refractivity contribution in [3.63, 3.8) is 0 Å². The van der Waals surface area contributed by atoms with Crippen molar-refractivity contribution < 1.29 is 38.1 Å². The maximum Gasteiger partial charge on any atom is 0.335 e. The van der Waals surface area contributed by atoms with Crippen LogP contribution in [-0.4, -0.2) is 36.0 Å². The summed E-state index contributed by atoms with van der Waals surface area (Å²) >= 11 is 2.02. The van der Waals surface area contributed by atoms with Gasteiger partial charge in [0.15, 0.2) is 11.5 Å². The number of nitrogens with one attached hydrogen (secondary N) is 1. The molecule has 37 heavy (non-hydrogen) atoms. The number of aromatic carboxylic acids is 1. The first kappa shape index (κ1) is 25.8. The highest BCUT2D eigenvalue weighted by molar-refractivity contribution is 14.1. The van der Waals surface area contributed by atoms with Gasteiger partial charge in [-0.2, -0.15) is 0 Å². The van der Waals surface area contributed by atoms with Gasteiger partial charge in [0.1, 0.15) is 18.0 Å². The van der Waals surface area contributed by atoms with E-state index in [4.69, 9.17) is 14.6 Å². The molecule has 0 radical (unpaired) electrons. The summed E-state index contributed by atoms with van der Waals surface area (Å²) in [5.74, 6) is -2.51. The Hall–Kier alpha value is -4.26. The van der Waals surface area contributed by atoms with Crippen molar-refractivity contribution >= 4 is 58.2 Å². The third-order valence-corrected chi connectivity index (χ3v) is 6.13. The van der Waals surface area contributed by atoms with Crippen LogP contribution in [0.2, 0.25) is 0 Å². The predicted octanol–water partition coefficient (Wildman–Crippen LogP) is 4.38. The van der Waals surface area contributed by atoms with Crippen molar-refractivity contribution in [1.82, 2.24) is 5.32 Å². The Morgan fingerprint density at radius 3 is 2.38 bits per heavy atom. The molecular weight excluding hydrogens is 598 g/mol. The monoisotopic (exact) mass is 616 g/mol. The number of hydrogen-bond donors (Lipinski definition) is 2. The topological polar surface area (TPSA) is 122 Å². The first-order valence-corrected chi connectivity index (χ1v) is 11.8. The summed E-state index contributed by atoms with van der Waals surface area (Å²) in [4.78, 5) is 49.9. The van der Waals surface area contributed by atoms with Crippen molar-refractivity contribution in [2.24, 2.45) is 0 Å². The van der Waals surface area contributed by atoms with Crippen molar-refractivity contribution in [1.29, 1.82) is 0 Å². The molecular formula is C26H18FIN2O7. The Labute approximate surface area is 223 Å². The van der Waals surface area contributed by atoms with E-state index in [1.165, 1.54) is 49.6 Å². The molecule has 3 aromatic carbocycles.